The van der Waals surface area contributed by atoms with Crippen LogP contribution >= 0.6 is 0 Å². The summed E-state index contributed by atoms with van der Waals surface area (Å²) in [5.74, 6) is 0.686. The van der Waals surface area contributed by atoms with Crippen LogP contribution in [0.2, 0.25) is 0 Å². The number of ether oxygens (including phenoxy) is 1. The van der Waals surface area contributed by atoms with Gasteiger partial charge in [0.15, 0.2) is 0 Å². The first-order valence-corrected chi connectivity index (χ1v) is 9.12. The van der Waals surface area contributed by atoms with Gasteiger partial charge >= 0.3 is 0 Å². The number of nitrogens with zero attached hydrogens (tertiary/aromatic N) is 2. The van der Waals surface area contributed by atoms with Gasteiger partial charge in [-0.15, -0.1) is 0 Å². The van der Waals surface area contributed by atoms with Gasteiger partial charge in [0.2, 0.25) is 5.91 Å². The molecule has 1 saturated heterocycles. The molecule has 3 rings (SSSR count). The van der Waals surface area contributed by atoms with E-state index in [0.29, 0.717) is 11.5 Å². The normalized spacial score (nSPS) is 24.5. The van der Waals surface area contributed by atoms with Crippen molar-refractivity contribution in [3.8, 4) is 6.07 Å². The van der Waals surface area contributed by atoms with Crippen molar-refractivity contribution in [2.45, 2.75) is 57.2 Å². The van der Waals surface area contributed by atoms with Gasteiger partial charge in [-0.3, -0.25) is 4.79 Å². The molecule has 1 aliphatic carbocycles. The summed E-state index contributed by atoms with van der Waals surface area (Å²) < 4.78 is 5.82. The third-order valence-corrected chi connectivity index (χ3v) is 5.89. The molecule has 1 saturated carbocycles. The minimum Gasteiger partial charge on any atom is -0.377 e. The van der Waals surface area contributed by atoms with Crippen LogP contribution in [-0.2, 0) is 9.53 Å². The highest BCUT2D eigenvalue weighted by atomic mass is 16.5. The van der Waals surface area contributed by atoms with E-state index in [1.54, 1.807) is 19.2 Å². The lowest BCUT2D eigenvalue weighted by Crippen LogP contribution is -2.59. The van der Waals surface area contributed by atoms with Crippen LogP contribution in [0.3, 0.4) is 0 Å². The summed E-state index contributed by atoms with van der Waals surface area (Å²) in [7, 11) is 1.77. The number of rotatable bonds is 6. The number of carbonyl (C=O) groups excluding carboxylic acids is 1. The second kappa shape index (κ2) is 7.15. The Labute approximate surface area is 150 Å². The maximum absolute atomic E-state index is 13.0. The van der Waals surface area contributed by atoms with Crippen molar-refractivity contribution < 1.29 is 9.53 Å². The molecule has 2 fully saturated rings. The van der Waals surface area contributed by atoms with Gasteiger partial charge in [0, 0.05) is 25.4 Å². The van der Waals surface area contributed by atoms with E-state index in [0.717, 1.165) is 25.1 Å². The van der Waals surface area contributed by atoms with Crippen LogP contribution in [0.1, 0.15) is 45.1 Å². The standard InChI is InChI=1S/C20H27N3O2/c1-14(20(2,25-3)16-8-9-16)22-18-5-4-12-23(19(18)24)17-10-6-15(13-21)7-11-17/h6-7,10-11,14,16,18,22H,4-5,8-9,12H2,1-3H3. The Bertz CT molecular complexity index is 663. The van der Waals surface area contributed by atoms with Gasteiger partial charge in [0.1, 0.15) is 0 Å². The van der Waals surface area contributed by atoms with E-state index < -0.39 is 0 Å². The smallest absolute Gasteiger partial charge is 0.244 e. The fourth-order valence-corrected chi connectivity index (χ4v) is 3.82. The van der Waals surface area contributed by atoms with Gasteiger partial charge in [-0.2, -0.15) is 5.26 Å². The van der Waals surface area contributed by atoms with E-state index in [1.807, 2.05) is 17.0 Å². The number of hydrogen-bond donors (Lipinski definition) is 1. The molecular weight excluding hydrogens is 314 g/mol. The summed E-state index contributed by atoms with van der Waals surface area (Å²) in [5, 5.41) is 12.5. The molecule has 5 heteroatoms. The van der Waals surface area contributed by atoms with E-state index in [9.17, 15) is 4.79 Å². The Morgan fingerprint density at radius 1 is 1.32 bits per heavy atom. The van der Waals surface area contributed by atoms with Gasteiger partial charge in [-0.25, -0.2) is 0 Å². The molecule has 3 atom stereocenters. The quantitative estimate of drug-likeness (QED) is 0.864. The maximum atomic E-state index is 13.0. The molecule has 25 heavy (non-hydrogen) atoms. The maximum Gasteiger partial charge on any atom is 0.244 e. The molecule has 1 aliphatic heterocycles. The Balaban J connectivity index is 1.70. The Kier molecular flexibility index (Phi) is 5.12. The number of anilines is 1. The first kappa shape index (κ1) is 17.9. The van der Waals surface area contributed by atoms with Gasteiger partial charge < -0.3 is 15.0 Å². The van der Waals surface area contributed by atoms with E-state index in [4.69, 9.17) is 10.00 Å². The van der Waals surface area contributed by atoms with E-state index in [1.165, 1.54) is 12.8 Å². The molecule has 0 bridgehead atoms. The molecular formula is C20H27N3O2. The molecule has 1 amide bonds. The van der Waals surface area contributed by atoms with Crippen molar-refractivity contribution in [3.63, 3.8) is 0 Å². The second-order valence-corrected chi connectivity index (χ2v) is 7.39. The molecule has 0 spiro atoms. The molecule has 3 unspecified atom stereocenters. The molecule has 5 nitrogen and oxygen atoms in total. The average molecular weight is 341 g/mol. The zero-order valence-electron chi connectivity index (χ0n) is 15.3. The van der Waals surface area contributed by atoms with Crippen LogP contribution in [-0.4, -0.2) is 37.2 Å². The van der Waals surface area contributed by atoms with Crippen LogP contribution in [0, 0.1) is 17.2 Å². The highest BCUT2D eigenvalue weighted by Crippen LogP contribution is 2.43. The molecule has 1 aromatic carbocycles. The molecule has 1 aromatic rings. The highest BCUT2D eigenvalue weighted by molar-refractivity contribution is 5.98. The van der Waals surface area contributed by atoms with Gasteiger partial charge in [0.25, 0.3) is 0 Å². The fraction of sp³-hybridized carbons (Fsp3) is 0.600. The second-order valence-electron chi connectivity index (χ2n) is 7.39. The lowest BCUT2D eigenvalue weighted by Gasteiger charge is -2.40. The number of nitriles is 1. The SMILES string of the molecule is COC(C)(C1CC1)C(C)NC1CCCN(c2ccc(C#N)cc2)C1=O. The number of amides is 1. The minimum absolute atomic E-state index is 0.108. The van der Waals surface area contributed by atoms with Crippen molar-refractivity contribution >= 4 is 11.6 Å². The van der Waals surface area contributed by atoms with Crippen LogP contribution in [0.15, 0.2) is 24.3 Å². The Morgan fingerprint density at radius 3 is 2.56 bits per heavy atom. The van der Waals surface area contributed by atoms with Crippen LogP contribution < -0.4 is 10.2 Å². The van der Waals surface area contributed by atoms with E-state index >= 15 is 0 Å². The highest BCUT2D eigenvalue weighted by Gasteiger charge is 2.46. The molecule has 0 aromatic heterocycles. The third-order valence-electron chi connectivity index (χ3n) is 5.89. The molecule has 2 aliphatic rings. The zero-order chi connectivity index (χ0) is 18.0. The molecule has 1 N–H and O–H groups in total. The monoisotopic (exact) mass is 341 g/mol. The summed E-state index contributed by atoms with van der Waals surface area (Å²) >= 11 is 0. The van der Waals surface area contributed by atoms with E-state index in [2.05, 4.69) is 25.2 Å². The minimum atomic E-state index is -0.225. The van der Waals surface area contributed by atoms with Gasteiger partial charge in [-0.05, 0) is 69.7 Å². The lowest BCUT2D eigenvalue weighted by atomic mass is 9.90. The first-order chi connectivity index (χ1) is 12.0. The predicted molar refractivity (Wildman–Crippen MR) is 97.3 cm³/mol. The summed E-state index contributed by atoms with van der Waals surface area (Å²) in [6.07, 6.45) is 4.21. The van der Waals surface area contributed by atoms with Gasteiger partial charge in [-0.1, -0.05) is 0 Å². The van der Waals surface area contributed by atoms with Crippen LogP contribution in [0.4, 0.5) is 5.69 Å². The van der Waals surface area contributed by atoms with Crippen molar-refractivity contribution in [3.05, 3.63) is 29.8 Å². The van der Waals surface area contributed by atoms with Crippen molar-refractivity contribution in [2.24, 2.45) is 5.92 Å². The Hall–Kier alpha value is -1.90. The number of nitrogens with one attached hydrogen (secondary N) is 1. The average Bonchev–Trinajstić information content (AvgIpc) is 3.48. The van der Waals surface area contributed by atoms with Crippen LogP contribution in [0.5, 0.6) is 0 Å². The third kappa shape index (κ3) is 3.56. The van der Waals surface area contributed by atoms with Crippen molar-refractivity contribution in [1.82, 2.24) is 5.32 Å². The van der Waals surface area contributed by atoms with Crippen molar-refractivity contribution in [1.29, 1.82) is 5.26 Å². The predicted octanol–water partition coefficient (Wildman–Crippen LogP) is 2.85. The molecule has 0 radical (unpaired) electrons. The number of hydrogen-bond acceptors (Lipinski definition) is 4. The summed E-state index contributed by atoms with van der Waals surface area (Å²) in [6.45, 7) is 4.99. The summed E-state index contributed by atoms with van der Waals surface area (Å²) in [4.78, 5) is 14.8. The lowest BCUT2D eigenvalue weighted by molar-refractivity contribution is -0.123. The number of carbonyl (C=O) groups is 1. The number of piperidine rings is 1. The van der Waals surface area contributed by atoms with E-state index in [-0.39, 0.29) is 23.6 Å². The topological polar surface area (TPSA) is 65.4 Å². The van der Waals surface area contributed by atoms with Crippen LogP contribution in [0.25, 0.3) is 0 Å². The zero-order valence-corrected chi connectivity index (χ0v) is 15.3. The van der Waals surface area contributed by atoms with Crippen molar-refractivity contribution in [2.75, 3.05) is 18.6 Å². The summed E-state index contributed by atoms with van der Waals surface area (Å²) in [5.41, 5.74) is 1.24. The number of methoxy groups -OCH3 is 1. The molecule has 134 valence electrons. The summed E-state index contributed by atoms with van der Waals surface area (Å²) in [6, 6.07) is 9.26. The first-order valence-electron chi connectivity index (χ1n) is 9.12. The Morgan fingerprint density at radius 2 is 2.00 bits per heavy atom. The molecule has 1 heterocycles. The number of benzene rings is 1. The van der Waals surface area contributed by atoms with Gasteiger partial charge in [0.05, 0.1) is 23.3 Å². The largest absolute Gasteiger partial charge is 0.377 e. The fourth-order valence-electron chi connectivity index (χ4n) is 3.82.